The zero-order valence-corrected chi connectivity index (χ0v) is 9.37. The molecule has 3 unspecified atom stereocenters. The monoisotopic (exact) mass is 232 g/mol. The molecule has 0 bridgehead atoms. The molecule has 1 saturated carbocycles. The van der Waals surface area contributed by atoms with E-state index in [2.05, 4.69) is 0 Å². The van der Waals surface area contributed by atoms with Gasteiger partial charge in [-0.25, -0.2) is 8.42 Å². The Bertz CT molecular complexity index is 360. The number of aliphatic hydroxyl groups excluding tert-OH is 1. The van der Waals surface area contributed by atoms with E-state index in [9.17, 15) is 18.3 Å². The smallest absolute Gasteiger partial charge is 0.153 e. The van der Waals surface area contributed by atoms with Gasteiger partial charge < -0.3 is 5.11 Å². The molecule has 0 spiro atoms. The maximum Gasteiger partial charge on any atom is 0.153 e. The molecule has 0 amide bonds. The molecule has 2 rings (SSSR count). The average molecular weight is 232 g/mol. The Morgan fingerprint density at radius 3 is 2.47 bits per heavy atom. The molecule has 0 aromatic carbocycles. The van der Waals surface area contributed by atoms with Gasteiger partial charge in [-0.1, -0.05) is 6.42 Å². The first kappa shape index (κ1) is 11.1. The van der Waals surface area contributed by atoms with Crippen molar-refractivity contribution in [2.45, 2.75) is 31.8 Å². The molecule has 3 atom stereocenters. The Labute approximate surface area is 89.6 Å². The van der Waals surface area contributed by atoms with E-state index in [1.807, 2.05) is 0 Å². The lowest BCUT2D eigenvalue weighted by molar-refractivity contribution is -0.127. The van der Waals surface area contributed by atoms with E-state index in [-0.39, 0.29) is 29.1 Å². The molecule has 86 valence electrons. The minimum absolute atomic E-state index is 0.00935. The number of hydrogen-bond donors (Lipinski definition) is 1. The highest BCUT2D eigenvalue weighted by Crippen LogP contribution is 2.34. The fraction of sp³-hybridized carbons (Fsp3) is 0.900. The molecule has 5 heteroatoms. The van der Waals surface area contributed by atoms with E-state index in [4.69, 9.17) is 0 Å². The fourth-order valence-electron chi connectivity index (χ4n) is 2.70. The van der Waals surface area contributed by atoms with Crippen LogP contribution in [0, 0.1) is 11.8 Å². The van der Waals surface area contributed by atoms with Crippen LogP contribution in [0.4, 0.5) is 0 Å². The second-order valence-electron chi connectivity index (χ2n) is 4.63. The van der Waals surface area contributed by atoms with E-state index < -0.39 is 15.9 Å². The standard InChI is InChI=1S/C10H16O4S/c11-9-4-2-1-3-7(9)8-5-15(13,14)6-10(8)12/h7-8,10,12H,1-6H2. The van der Waals surface area contributed by atoms with Crippen molar-refractivity contribution in [2.75, 3.05) is 11.5 Å². The van der Waals surface area contributed by atoms with Crippen molar-refractivity contribution in [3.63, 3.8) is 0 Å². The van der Waals surface area contributed by atoms with Gasteiger partial charge in [0.1, 0.15) is 5.78 Å². The average Bonchev–Trinajstić information content (AvgIpc) is 2.40. The van der Waals surface area contributed by atoms with Crippen LogP contribution in [-0.2, 0) is 14.6 Å². The molecule has 0 aromatic rings. The molecule has 0 radical (unpaired) electrons. The topological polar surface area (TPSA) is 71.4 Å². The van der Waals surface area contributed by atoms with Gasteiger partial charge in [-0.2, -0.15) is 0 Å². The largest absolute Gasteiger partial charge is 0.392 e. The van der Waals surface area contributed by atoms with Crippen LogP contribution < -0.4 is 0 Å². The Morgan fingerprint density at radius 1 is 1.20 bits per heavy atom. The third-order valence-electron chi connectivity index (χ3n) is 3.48. The number of Topliss-reactive ketones (excluding diaryl/α,β-unsaturated/α-hetero) is 1. The number of carbonyl (C=O) groups excluding carboxylic acids is 1. The third-order valence-corrected chi connectivity index (χ3v) is 5.23. The summed E-state index contributed by atoms with van der Waals surface area (Å²) in [7, 11) is -3.12. The van der Waals surface area contributed by atoms with Gasteiger partial charge in [0.05, 0.1) is 17.6 Å². The van der Waals surface area contributed by atoms with E-state index in [0.29, 0.717) is 6.42 Å². The van der Waals surface area contributed by atoms with Crippen LogP contribution in [0.2, 0.25) is 0 Å². The maximum absolute atomic E-state index is 11.6. The molecule has 2 aliphatic rings. The highest BCUT2D eigenvalue weighted by Gasteiger charge is 2.43. The number of carbonyl (C=O) groups is 1. The molecule has 1 saturated heterocycles. The molecular weight excluding hydrogens is 216 g/mol. The van der Waals surface area contributed by atoms with Crippen LogP contribution in [0.15, 0.2) is 0 Å². The summed E-state index contributed by atoms with van der Waals surface area (Å²) in [5.74, 6) is -0.595. The third kappa shape index (κ3) is 2.23. The maximum atomic E-state index is 11.6. The van der Waals surface area contributed by atoms with Crippen molar-refractivity contribution < 1.29 is 18.3 Å². The summed E-state index contributed by atoms with van der Waals surface area (Å²) >= 11 is 0. The van der Waals surface area contributed by atoms with Crippen LogP contribution in [0.5, 0.6) is 0 Å². The summed E-state index contributed by atoms with van der Waals surface area (Å²) in [4.78, 5) is 11.6. The first-order valence-corrected chi connectivity index (χ1v) is 7.23. The van der Waals surface area contributed by atoms with Crippen molar-refractivity contribution in [2.24, 2.45) is 11.8 Å². The molecule has 0 aromatic heterocycles. The molecule has 4 nitrogen and oxygen atoms in total. The summed E-state index contributed by atoms with van der Waals surface area (Å²) < 4.78 is 22.7. The van der Waals surface area contributed by atoms with Crippen molar-refractivity contribution >= 4 is 15.6 Å². The minimum atomic E-state index is -3.12. The summed E-state index contributed by atoms with van der Waals surface area (Å²) in [5, 5.41) is 9.66. The number of aliphatic hydroxyl groups is 1. The van der Waals surface area contributed by atoms with Gasteiger partial charge >= 0.3 is 0 Å². The van der Waals surface area contributed by atoms with Gasteiger partial charge in [0.15, 0.2) is 9.84 Å². The fourth-order valence-corrected chi connectivity index (χ4v) is 4.65. The highest BCUT2D eigenvalue weighted by molar-refractivity contribution is 7.91. The summed E-state index contributed by atoms with van der Waals surface area (Å²) in [6.45, 7) is 0. The van der Waals surface area contributed by atoms with E-state index in [1.165, 1.54) is 0 Å². The summed E-state index contributed by atoms with van der Waals surface area (Å²) in [5.41, 5.74) is 0. The van der Waals surface area contributed by atoms with Gasteiger partial charge in [-0.05, 0) is 12.8 Å². The molecule has 15 heavy (non-hydrogen) atoms. The van der Waals surface area contributed by atoms with Crippen molar-refractivity contribution in [3.05, 3.63) is 0 Å². The van der Waals surface area contributed by atoms with Gasteiger partial charge in [0.25, 0.3) is 0 Å². The molecule has 1 aliphatic heterocycles. The van der Waals surface area contributed by atoms with Crippen molar-refractivity contribution in [1.29, 1.82) is 0 Å². The Kier molecular flexibility index (Phi) is 2.85. The van der Waals surface area contributed by atoms with Gasteiger partial charge in [-0.15, -0.1) is 0 Å². The van der Waals surface area contributed by atoms with Crippen LogP contribution in [-0.4, -0.2) is 36.9 Å². The number of hydrogen-bond acceptors (Lipinski definition) is 4. The number of ketones is 1. The SMILES string of the molecule is O=C1CCCCC1C1CS(=O)(=O)CC1O. The predicted molar refractivity (Wildman–Crippen MR) is 55.1 cm³/mol. The molecule has 1 heterocycles. The molecule has 1 N–H and O–H groups in total. The Morgan fingerprint density at radius 2 is 1.93 bits per heavy atom. The zero-order chi connectivity index (χ0) is 11.1. The Balaban J connectivity index is 2.13. The molecule has 1 aliphatic carbocycles. The first-order valence-electron chi connectivity index (χ1n) is 5.41. The van der Waals surface area contributed by atoms with E-state index >= 15 is 0 Å². The van der Waals surface area contributed by atoms with Crippen LogP contribution >= 0.6 is 0 Å². The van der Waals surface area contributed by atoms with Crippen molar-refractivity contribution in [3.8, 4) is 0 Å². The number of rotatable bonds is 1. The predicted octanol–water partition coefficient (Wildman–Crippen LogP) is 0.151. The molecule has 2 fully saturated rings. The number of sulfone groups is 1. The highest BCUT2D eigenvalue weighted by atomic mass is 32.2. The van der Waals surface area contributed by atoms with E-state index in [1.54, 1.807) is 0 Å². The van der Waals surface area contributed by atoms with Gasteiger partial charge in [0.2, 0.25) is 0 Å². The first-order chi connectivity index (χ1) is 6.99. The quantitative estimate of drug-likeness (QED) is 0.698. The second kappa shape index (κ2) is 3.87. The second-order valence-corrected chi connectivity index (χ2v) is 6.78. The summed E-state index contributed by atoms with van der Waals surface area (Å²) in [6.07, 6.45) is 2.34. The van der Waals surface area contributed by atoms with E-state index in [0.717, 1.165) is 19.3 Å². The molecular formula is C10H16O4S. The van der Waals surface area contributed by atoms with Crippen LogP contribution in [0.3, 0.4) is 0 Å². The van der Waals surface area contributed by atoms with Gasteiger partial charge in [-0.3, -0.25) is 4.79 Å². The van der Waals surface area contributed by atoms with Crippen LogP contribution in [0.25, 0.3) is 0 Å². The minimum Gasteiger partial charge on any atom is -0.392 e. The summed E-state index contributed by atoms with van der Waals surface area (Å²) in [6, 6.07) is 0. The normalized spacial score (nSPS) is 40.6. The zero-order valence-electron chi connectivity index (χ0n) is 8.55. The van der Waals surface area contributed by atoms with Gasteiger partial charge in [0, 0.05) is 18.3 Å². The van der Waals surface area contributed by atoms with Crippen LogP contribution in [0.1, 0.15) is 25.7 Å². The lowest BCUT2D eigenvalue weighted by atomic mass is 9.78. The Hall–Kier alpha value is -0.420. The van der Waals surface area contributed by atoms with Crippen molar-refractivity contribution in [1.82, 2.24) is 0 Å². The lowest BCUT2D eigenvalue weighted by Crippen LogP contribution is -2.33. The lowest BCUT2D eigenvalue weighted by Gasteiger charge is -2.27.